The first-order chi connectivity index (χ1) is 5.27. The Labute approximate surface area is 69.5 Å². The van der Waals surface area contributed by atoms with Crippen LogP contribution >= 0.6 is 11.6 Å². The van der Waals surface area contributed by atoms with Gasteiger partial charge in [-0.2, -0.15) is 4.98 Å². The minimum Gasteiger partial charge on any atom is -0.477 e. The van der Waals surface area contributed by atoms with Crippen LogP contribution in [0.25, 0.3) is 0 Å². The van der Waals surface area contributed by atoms with E-state index in [4.69, 9.17) is 21.1 Å². The zero-order valence-corrected chi connectivity index (χ0v) is 7.10. The number of H-pyrrole nitrogens is 1. The molecule has 0 bridgehead atoms. The largest absolute Gasteiger partial charge is 0.477 e. The molecule has 0 saturated carbocycles. The number of aromatic amines is 1. The first kappa shape index (κ1) is 8.20. The molecule has 1 aromatic heterocycles. The Balaban J connectivity index is 2.83. The van der Waals surface area contributed by atoms with Crippen molar-refractivity contribution in [1.82, 2.24) is 9.97 Å². The Morgan fingerprint density at radius 3 is 2.91 bits per heavy atom. The third kappa shape index (κ3) is 1.77. The first-order valence-electron chi connectivity index (χ1n) is 3.20. The molecule has 0 aromatic carbocycles. The molecule has 11 heavy (non-hydrogen) atoms. The van der Waals surface area contributed by atoms with E-state index in [1.807, 2.05) is 6.92 Å². The highest BCUT2D eigenvalue weighted by molar-refractivity contribution is 6.28. The summed E-state index contributed by atoms with van der Waals surface area (Å²) in [6.45, 7) is 2.42. The number of nitrogens with zero attached hydrogens (tertiary/aromatic N) is 1. The molecular formula is C6H9ClN2O2. The lowest BCUT2D eigenvalue weighted by atomic mass is 10.7. The zero-order chi connectivity index (χ0) is 8.27. The lowest BCUT2D eigenvalue weighted by Crippen LogP contribution is -1.94. The standard InChI is InChI=1S/C6H9ClN2O2/c1-3-11-5-4(10-2)8-6(7)9-5/h3H2,1-2H3,(H,8,9). The van der Waals surface area contributed by atoms with Crippen molar-refractivity contribution in [2.24, 2.45) is 0 Å². The smallest absolute Gasteiger partial charge is 0.278 e. The summed E-state index contributed by atoms with van der Waals surface area (Å²) in [5.74, 6) is 0.858. The summed E-state index contributed by atoms with van der Waals surface area (Å²) in [6.07, 6.45) is 0. The van der Waals surface area contributed by atoms with Gasteiger partial charge in [0.25, 0.3) is 11.8 Å². The van der Waals surface area contributed by atoms with Gasteiger partial charge >= 0.3 is 0 Å². The van der Waals surface area contributed by atoms with Crippen molar-refractivity contribution in [2.75, 3.05) is 13.7 Å². The van der Waals surface area contributed by atoms with Gasteiger partial charge in [0.2, 0.25) is 5.28 Å². The first-order valence-corrected chi connectivity index (χ1v) is 3.58. The van der Waals surface area contributed by atoms with Gasteiger partial charge in [-0.15, -0.1) is 0 Å². The fourth-order valence-electron chi connectivity index (χ4n) is 0.696. The Kier molecular flexibility index (Phi) is 2.59. The number of hydrogen-bond donors (Lipinski definition) is 1. The lowest BCUT2D eigenvalue weighted by Gasteiger charge is -1.99. The maximum Gasteiger partial charge on any atom is 0.278 e. The monoisotopic (exact) mass is 176 g/mol. The van der Waals surface area contributed by atoms with Crippen LogP contribution in [0.4, 0.5) is 0 Å². The summed E-state index contributed by atoms with van der Waals surface area (Å²) in [6, 6.07) is 0. The molecule has 0 spiro atoms. The highest BCUT2D eigenvalue weighted by Gasteiger charge is 2.09. The minimum atomic E-state index is 0.269. The third-order valence-electron chi connectivity index (χ3n) is 1.09. The molecule has 1 N–H and O–H groups in total. The van der Waals surface area contributed by atoms with E-state index in [-0.39, 0.29) is 5.28 Å². The fourth-order valence-corrected chi connectivity index (χ4v) is 0.858. The molecule has 1 heterocycles. The van der Waals surface area contributed by atoms with Gasteiger partial charge in [-0.3, -0.25) is 4.98 Å². The van der Waals surface area contributed by atoms with Crippen LogP contribution in [0.2, 0.25) is 5.28 Å². The summed E-state index contributed by atoms with van der Waals surface area (Å²) in [5.41, 5.74) is 0. The lowest BCUT2D eigenvalue weighted by molar-refractivity contribution is 0.298. The zero-order valence-electron chi connectivity index (χ0n) is 6.35. The number of ether oxygens (including phenoxy) is 2. The molecular weight excluding hydrogens is 168 g/mol. The molecule has 62 valence electrons. The molecule has 0 atom stereocenters. The van der Waals surface area contributed by atoms with Crippen LogP contribution in [0.5, 0.6) is 11.8 Å². The minimum absolute atomic E-state index is 0.269. The van der Waals surface area contributed by atoms with Crippen LogP contribution in [-0.2, 0) is 0 Å². The molecule has 0 aliphatic heterocycles. The normalized spacial score (nSPS) is 9.73. The number of rotatable bonds is 3. The topological polar surface area (TPSA) is 47.1 Å². The van der Waals surface area contributed by atoms with E-state index in [1.165, 1.54) is 7.11 Å². The van der Waals surface area contributed by atoms with Crippen molar-refractivity contribution in [3.8, 4) is 11.8 Å². The molecule has 4 nitrogen and oxygen atoms in total. The molecule has 5 heteroatoms. The predicted molar refractivity (Wildman–Crippen MR) is 41.3 cm³/mol. The van der Waals surface area contributed by atoms with Crippen molar-refractivity contribution in [3.63, 3.8) is 0 Å². The number of nitrogens with one attached hydrogen (secondary N) is 1. The summed E-state index contributed by atoms with van der Waals surface area (Å²) in [5, 5.41) is 0.269. The van der Waals surface area contributed by atoms with Gasteiger partial charge in [0.05, 0.1) is 13.7 Å². The molecule has 0 amide bonds. The van der Waals surface area contributed by atoms with Gasteiger partial charge < -0.3 is 9.47 Å². The van der Waals surface area contributed by atoms with Crippen molar-refractivity contribution < 1.29 is 9.47 Å². The van der Waals surface area contributed by atoms with E-state index in [0.717, 1.165) is 0 Å². The van der Waals surface area contributed by atoms with Crippen molar-refractivity contribution in [2.45, 2.75) is 6.92 Å². The van der Waals surface area contributed by atoms with E-state index >= 15 is 0 Å². The molecule has 1 aromatic rings. The van der Waals surface area contributed by atoms with E-state index in [1.54, 1.807) is 0 Å². The predicted octanol–water partition coefficient (Wildman–Crippen LogP) is 1.47. The molecule has 0 aliphatic rings. The number of halogens is 1. The van der Waals surface area contributed by atoms with Crippen molar-refractivity contribution in [1.29, 1.82) is 0 Å². The average molecular weight is 177 g/mol. The number of aromatic nitrogens is 2. The van der Waals surface area contributed by atoms with Crippen LogP contribution in [0.15, 0.2) is 0 Å². The van der Waals surface area contributed by atoms with Gasteiger partial charge in [-0.25, -0.2) is 0 Å². The third-order valence-corrected chi connectivity index (χ3v) is 1.27. The van der Waals surface area contributed by atoms with Crippen LogP contribution in [0.3, 0.4) is 0 Å². The Bertz CT molecular complexity index is 236. The van der Waals surface area contributed by atoms with Crippen LogP contribution < -0.4 is 9.47 Å². The second-order valence-electron chi connectivity index (χ2n) is 1.80. The Morgan fingerprint density at radius 2 is 2.36 bits per heavy atom. The van der Waals surface area contributed by atoms with Crippen molar-refractivity contribution in [3.05, 3.63) is 5.28 Å². The van der Waals surface area contributed by atoms with Gasteiger partial charge in [0.1, 0.15) is 0 Å². The van der Waals surface area contributed by atoms with Gasteiger partial charge in [0, 0.05) is 0 Å². The second kappa shape index (κ2) is 3.48. The van der Waals surface area contributed by atoms with Crippen LogP contribution in [0, 0.1) is 0 Å². The maximum absolute atomic E-state index is 5.55. The fraction of sp³-hybridized carbons (Fsp3) is 0.500. The second-order valence-corrected chi connectivity index (χ2v) is 2.16. The van der Waals surface area contributed by atoms with Crippen LogP contribution in [0.1, 0.15) is 6.92 Å². The quantitative estimate of drug-likeness (QED) is 0.759. The summed E-state index contributed by atoms with van der Waals surface area (Å²) >= 11 is 5.55. The number of methoxy groups -OCH3 is 1. The van der Waals surface area contributed by atoms with E-state index in [0.29, 0.717) is 18.4 Å². The van der Waals surface area contributed by atoms with Gasteiger partial charge in [-0.1, -0.05) is 0 Å². The van der Waals surface area contributed by atoms with Crippen molar-refractivity contribution >= 4 is 11.6 Å². The molecule has 0 aliphatic carbocycles. The molecule has 0 radical (unpaired) electrons. The highest BCUT2D eigenvalue weighted by atomic mass is 35.5. The maximum atomic E-state index is 5.55. The van der Waals surface area contributed by atoms with Gasteiger partial charge in [-0.05, 0) is 18.5 Å². The SMILES string of the molecule is CCOc1[nH]c(Cl)nc1OC. The molecule has 0 fully saturated rings. The van der Waals surface area contributed by atoms with Crippen LogP contribution in [-0.4, -0.2) is 23.7 Å². The average Bonchev–Trinajstić information content (AvgIpc) is 2.32. The molecule has 0 saturated heterocycles. The Morgan fingerprint density at radius 1 is 1.64 bits per heavy atom. The number of imidazole rings is 1. The van der Waals surface area contributed by atoms with E-state index in [2.05, 4.69) is 9.97 Å². The summed E-state index contributed by atoms with van der Waals surface area (Å²) in [7, 11) is 1.51. The van der Waals surface area contributed by atoms with E-state index < -0.39 is 0 Å². The Hall–Kier alpha value is -0.900. The highest BCUT2D eigenvalue weighted by Crippen LogP contribution is 2.24. The van der Waals surface area contributed by atoms with Gasteiger partial charge in [0.15, 0.2) is 0 Å². The molecule has 0 unspecified atom stereocenters. The van der Waals surface area contributed by atoms with E-state index in [9.17, 15) is 0 Å². The summed E-state index contributed by atoms with van der Waals surface area (Å²) < 4.78 is 9.99. The molecule has 1 rings (SSSR count). The number of hydrogen-bond acceptors (Lipinski definition) is 3. The summed E-state index contributed by atoms with van der Waals surface area (Å²) in [4.78, 5) is 6.51.